The fourth-order valence-electron chi connectivity index (χ4n) is 2.27. The molecule has 1 fully saturated rings. The number of ether oxygens (including phenoxy) is 1. The Kier molecular flexibility index (Phi) is 6.32. The van der Waals surface area contributed by atoms with Gasteiger partial charge in [-0.25, -0.2) is 0 Å². The van der Waals surface area contributed by atoms with Crippen molar-refractivity contribution >= 4 is 0 Å². The maximum atomic E-state index is 9.74. The lowest BCUT2D eigenvalue weighted by molar-refractivity contribution is 0.0917. The van der Waals surface area contributed by atoms with Gasteiger partial charge in [0.1, 0.15) is 0 Å². The number of hydrogen-bond donors (Lipinski definition) is 2. The summed E-state index contributed by atoms with van der Waals surface area (Å²) in [4.78, 5) is 0. The maximum Gasteiger partial charge on any atom is 0.0667 e. The minimum Gasteiger partial charge on any atom is -0.392 e. The zero-order valence-corrected chi connectivity index (χ0v) is 10.9. The third-order valence-corrected chi connectivity index (χ3v) is 3.09. The van der Waals surface area contributed by atoms with Crippen LogP contribution < -0.4 is 5.32 Å². The first-order chi connectivity index (χ1) is 7.58. The monoisotopic (exact) mass is 229 g/mol. The average molecular weight is 229 g/mol. The van der Waals surface area contributed by atoms with Gasteiger partial charge in [-0.15, -0.1) is 0 Å². The third kappa shape index (κ3) is 5.83. The maximum absolute atomic E-state index is 9.74. The zero-order valence-electron chi connectivity index (χ0n) is 10.9. The molecule has 1 rings (SSSR count). The lowest BCUT2D eigenvalue weighted by Crippen LogP contribution is -2.36. The van der Waals surface area contributed by atoms with E-state index in [9.17, 15) is 5.11 Å². The summed E-state index contributed by atoms with van der Waals surface area (Å²) in [5.74, 6) is 0.560. The Balaban J connectivity index is 2.06. The molecule has 3 nitrogen and oxygen atoms in total. The molecule has 16 heavy (non-hydrogen) atoms. The van der Waals surface area contributed by atoms with E-state index in [-0.39, 0.29) is 6.10 Å². The van der Waals surface area contributed by atoms with Crippen molar-refractivity contribution in [2.75, 3.05) is 13.2 Å². The van der Waals surface area contributed by atoms with E-state index in [0.29, 0.717) is 24.6 Å². The Morgan fingerprint density at radius 3 is 2.69 bits per heavy atom. The number of aliphatic hydroxyl groups excluding tert-OH is 1. The van der Waals surface area contributed by atoms with E-state index in [1.54, 1.807) is 0 Å². The number of rotatable bonds is 7. The molecule has 0 amide bonds. The van der Waals surface area contributed by atoms with E-state index >= 15 is 0 Å². The fraction of sp³-hybridized carbons (Fsp3) is 1.00. The molecule has 3 atom stereocenters. The van der Waals surface area contributed by atoms with Crippen LogP contribution in [0.2, 0.25) is 0 Å². The quantitative estimate of drug-likeness (QED) is 0.701. The summed E-state index contributed by atoms with van der Waals surface area (Å²) in [6.45, 7) is 8.07. The predicted molar refractivity (Wildman–Crippen MR) is 66.5 cm³/mol. The smallest absolute Gasteiger partial charge is 0.0667 e. The number of hydrogen-bond acceptors (Lipinski definition) is 3. The van der Waals surface area contributed by atoms with Gasteiger partial charge >= 0.3 is 0 Å². The Hall–Kier alpha value is -0.120. The summed E-state index contributed by atoms with van der Waals surface area (Å²) in [6.07, 6.45) is 4.55. The third-order valence-electron chi connectivity index (χ3n) is 3.09. The molecule has 1 saturated heterocycles. The highest BCUT2D eigenvalue weighted by Gasteiger charge is 2.18. The topological polar surface area (TPSA) is 41.5 Å². The zero-order chi connectivity index (χ0) is 12.0. The fourth-order valence-corrected chi connectivity index (χ4v) is 2.27. The molecule has 0 aromatic carbocycles. The van der Waals surface area contributed by atoms with E-state index in [1.165, 1.54) is 12.8 Å². The first-order valence-electron chi connectivity index (χ1n) is 6.61. The second-order valence-corrected chi connectivity index (χ2v) is 5.46. The van der Waals surface area contributed by atoms with Crippen molar-refractivity contribution < 1.29 is 9.84 Å². The summed E-state index contributed by atoms with van der Waals surface area (Å²) < 4.78 is 5.59. The minimum absolute atomic E-state index is 0.216. The van der Waals surface area contributed by atoms with Gasteiger partial charge in [0.15, 0.2) is 0 Å². The van der Waals surface area contributed by atoms with Gasteiger partial charge in [-0.1, -0.05) is 13.8 Å². The molecule has 0 aliphatic carbocycles. The van der Waals surface area contributed by atoms with Crippen LogP contribution in [0, 0.1) is 5.92 Å². The van der Waals surface area contributed by atoms with Gasteiger partial charge < -0.3 is 15.2 Å². The van der Waals surface area contributed by atoms with Crippen LogP contribution in [0.1, 0.15) is 46.5 Å². The van der Waals surface area contributed by atoms with Gasteiger partial charge in [-0.2, -0.15) is 0 Å². The molecule has 2 N–H and O–H groups in total. The molecule has 1 heterocycles. The molecule has 0 saturated carbocycles. The molecule has 0 aromatic rings. The predicted octanol–water partition coefficient (Wildman–Crippen LogP) is 1.94. The van der Waals surface area contributed by atoms with Crippen molar-refractivity contribution in [1.29, 1.82) is 0 Å². The van der Waals surface area contributed by atoms with Crippen LogP contribution in [0.15, 0.2) is 0 Å². The molecular weight excluding hydrogens is 202 g/mol. The lowest BCUT2D eigenvalue weighted by Gasteiger charge is -2.20. The summed E-state index contributed by atoms with van der Waals surface area (Å²) in [7, 11) is 0. The highest BCUT2D eigenvalue weighted by molar-refractivity contribution is 4.73. The lowest BCUT2D eigenvalue weighted by atomic mass is 10.0. The van der Waals surface area contributed by atoms with Crippen molar-refractivity contribution in [3.8, 4) is 0 Å². The van der Waals surface area contributed by atoms with Crippen molar-refractivity contribution in [2.45, 2.75) is 64.7 Å². The van der Waals surface area contributed by atoms with Crippen LogP contribution >= 0.6 is 0 Å². The molecule has 0 spiro atoms. The summed E-state index contributed by atoms with van der Waals surface area (Å²) in [5, 5.41) is 13.1. The summed E-state index contributed by atoms with van der Waals surface area (Å²) in [6, 6.07) is 0.435. The largest absolute Gasteiger partial charge is 0.392 e. The van der Waals surface area contributed by atoms with Gasteiger partial charge in [-0.3, -0.25) is 0 Å². The molecule has 1 aliphatic heterocycles. The van der Waals surface area contributed by atoms with Crippen molar-refractivity contribution in [1.82, 2.24) is 5.32 Å². The summed E-state index contributed by atoms with van der Waals surface area (Å²) in [5.41, 5.74) is 0. The van der Waals surface area contributed by atoms with E-state index in [2.05, 4.69) is 26.1 Å². The molecule has 0 aromatic heterocycles. The first-order valence-corrected chi connectivity index (χ1v) is 6.61. The van der Waals surface area contributed by atoms with Crippen LogP contribution in [0.4, 0.5) is 0 Å². The van der Waals surface area contributed by atoms with Crippen LogP contribution in [-0.2, 0) is 4.74 Å². The first kappa shape index (κ1) is 13.9. The van der Waals surface area contributed by atoms with E-state index < -0.39 is 0 Å². The minimum atomic E-state index is -0.216. The second kappa shape index (κ2) is 7.25. The van der Waals surface area contributed by atoms with Crippen LogP contribution in [0.5, 0.6) is 0 Å². The summed E-state index contributed by atoms with van der Waals surface area (Å²) >= 11 is 0. The van der Waals surface area contributed by atoms with Crippen molar-refractivity contribution in [3.63, 3.8) is 0 Å². The number of aliphatic hydroxyl groups is 1. The van der Waals surface area contributed by atoms with Gasteiger partial charge in [0, 0.05) is 19.2 Å². The Morgan fingerprint density at radius 1 is 1.38 bits per heavy atom. The number of nitrogens with one attached hydrogen (secondary N) is 1. The molecule has 3 unspecified atom stereocenters. The van der Waals surface area contributed by atoms with Gasteiger partial charge in [0.2, 0.25) is 0 Å². The van der Waals surface area contributed by atoms with Crippen molar-refractivity contribution in [2.24, 2.45) is 5.92 Å². The highest BCUT2D eigenvalue weighted by Crippen LogP contribution is 2.16. The van der Waals surface area contributed by atoms with Crippen LogP contribution in [0.25, 0.3) is 0 Å². The standard InChI is InChI=1S/C13H27NO2/c1-10(2)7-12(15)9-14-11(3)8-13-5-4-6-16-13/h10-15H,4-9H2,1-3H3. The molecule has 0 radical (unpaired) electrons. The average Bonchev–Trinajstić information content (AvgIpc) is 2.66. The van der Waals surface area contributed by atoms with Crippen LogP contribution in [-0.4, -0.2) is 36.5 Å². The normalized spacial score (nSPS) is 24.9. The SMILES string of the molecule is CC(C)CC(O)CNC(C)CC1CCCO1. The molecular formula is C13H27NO2. The van der Waals surface area contributed by atoms with Gasteiger partial charge in [0.25, 0.3) is 0 Å². The molecule has 1 aliphatic rings. The molecule has 0 bridgehead atoms. The van der Waals surface area contributed by atoms with E-state index in [1.807, 2.05) is 0 Å². The highest BCUT2D eigenvalue weighted by atomic mass is 16.5. The second-order valence-electron chi connectivity index (χ2n) is 5.46. The van der Waals surface area contributed by atoms with Gasteiger partial charge in [0.05, 0.1) is 12.2 Å². The molecule has 3 heteroatoms. The Morgan fingerprint density at radius 2 is 2.12 bits per heavy atom. The van der Waals surface area contributed by atoms with Crippen LogP contribution in [0.3, 0.4) is 0 Å². The molecule has 96 valence electrons. The van der Waals surface area contributed by atoms with E-state index in [4.69, 9.17) is 4.74 Å². The van der Waals surface area contributed by atoms with Crippen molar-refractivity contribution in [3.05, 3.63) is 0 Å². The van der Waals surface area contributed by atoms with Gasteiger partial charge in [-0.05, 0) is 38.5 Å². The van der Waals surface area contributed by atoms with E-state index in [0.717, 1.165) is 19.4 Å². The Bertz CT molecular complexity index is 179. The Labute approximate surface area is 99.6 Å².